The second kappa shape index (κ2) is 8.82. The summed E-state index contributed by atoms with van der Waals surface area (Å²) in [5.74, 6) is 1.87. The molecule has 2 atom stereocenters. The number of imidazole rings is 1. The van der Waals surface area contributed by atoms with E-state index in [2.05, 4.69) is 34.6 Å². The van der Waals surface area contributed by atoms with Crippen molar-refractivity contribution in [1.29, 1.82) is 0 Å². The Morgan fingerprint density at radius 1 is 1.24 bits per heavy atom. The highest BCUT2D eigenvalue weighted by Gasteiger charge is 2.26. The van der Waals surface area contributed by atoms with Crippen molar-refractivity contribution in [3.05, 3.63) is 49.1 Å². The van der Waals surface area contributed by atoms with Gasteiger partial charge in [0.2, 0.25) is 0 Å². The number of anilines is 1. The van der Waals surface area contributed by atoms with Crippen LogP contribution < -0.4 is 15.4 Å². The minimum Gasteiger partial charge on any atom is -0.496 e. The largest absolute Gasteiger partial charge is 0.496 e. The Morgan fingerprint density at radius 3 is 2.88 bits per heavy atom. The number of hydrogen-bond acceptors (Lipinski definition) is 6. The summed E-state index contributed by atoms with van der Waals surface area (Å²) >= 11 is 0. The van der Waals surface area contributed by atoms with Crippen LogP contribution >= 0.6 is 0 Å². The molecule has 1 fully saturated rings. The van der Waals surface area contributed by atoms with Gasteiger partial charge in [-0.1, -0.05) is 19.9 Å². The first-order valence-electron chi connectivity index (χ1n) is 11.2. The molecule has 1 unspecified atom stereocenters. The highest BCUT2D eigenvalue weighted by molar-refractivity contribution is 5.73. The van der Waals surface area contributed by atoms with Crippen LogP contribution in [0.2, 0.25) is 0 Å². The number of aromatic nitrogens is 5. The molecule has 5 rings (SSSR count). The van der Waals surface area contributed by atoms with E-state index in [0.717, 1.165) is 40.5 Å². The maximum atomic E-state index is 14.0. The van der Waals surface area contributed by atoms with Gasteiger partial charge in [0, 0.05) is 49.2 Å². The summed E-state index contributed by atoms with van der Waals surface area (Å²) in [5, 5.41) is 10.8. The lowest BCUT2D eigenvalue weighted by Crippen LogP contribution is -2.29. The third kappa shape index (κ3) is 4.28. The van der Waals surface area contributed by atoms with Gasteiger partial charge in [0.05, 0.1) is 36.9 Å². The standard InChI is InChI=1S/C24H28FN7O/c1-15(2)12-31-13-16(8-28-31)17-14-32-21(11-27-24(32)7-22(17)33-3)19-5-4-6-23(29-19)30-20-10-26-9-18(20)25/h4-8,11,13-15,18,20,26H,9-10,12H2,1-3H3,(H,29,30)/t18-,20?/m0/s1. The van der Waals surface area contributed by atoms with Gasteiger partial charge in [-0.3, -0.25) is 9.08 Å². The van der Waals surface area contributed by atoms with Crippen molar-refractivity contribution in [1.82, 2.24) is 29.5 Å². The fourth-order valence-electron chi connectivity index (χ4n) is 4.19. The van der Waals surface area contributed by atoms with Gasteiger partial charge in [-0.15, -0.1) is 0 Å². The summed E-state index contributed by atoms with van der Waals surface area (Å²) < 4.78 is 23.6. The average molecular weight is 450 g/mol. The lowest BCUT2D eigenvalue weighted by molar-refractivity contribution is 0.342. The number of nitrogens with zero attached hydrogens (tertiary/aromatic N) is 5. The molecule has 8 nitrogen and oxygen atoms in total. The number of hydrogen-bond donors (Lipinski definition) is 2. The van der Waals surface area contributed by atoms with Crippen molar-refractivity contribution in [3.63, 3.8) is 0 Å². The number of ether oxygens (including phenoxy) is 1. The maximum absolute atomic E-state index is 14.0. The fraction of sp³-hybridized carbons (Fsp3) is 0.375. The van der Waals surface area contributed by atoms with Crippen molar-refractivity contribution in [2.45, 2.75) is 32.6 Å². The molecule has 9 heteroatoms. The highest BCUT2D eigenvalue weighted by atomic mass is 19.1. The maximum Gasteiger partial charge on any atom is 0.140 e. The SMILES string of the molecule is COc1cc2ncc(-c3cccc(NC4CNC[C@@H]4F)n3)n2cc1-c1cnn(CC(C)C)c1. The summed E-state index contributed by atoms with van der Waals surface area (Å²) in [7, 11) is 1.66. The van der Waals surface area contributed by atoms with Crippen LogP contribution in [0.1, 0.15) is 13.8 Å². The molecule has 33 heavy (non-hydrogen) atoms. The van der Waals surface area contributed by atoms with Crippen LogP contribution in [0.3, 0.4) is 0 Å². The zero-order chi connectivity index (χ0) is 22.9. The Labute approximate surface area is 191 Å². The van der Waals surface area contributed by atoms with Crippen LogP contribution in [0.25, 0.3) is 28.2 Å². The first-order chi connectivity index (χ1) is 16.0. The zero-order valence-corrected chi connectivity index (χ0v) is 19.0. The van der Waals surface area contributed by atoms with E-state index in [9.17, 15) is 4.39 Å². The van der Waals surface area contributed by atoms with Crippen molar-refractivity contribution >= 4 is 11.5 Å². The Hall–Kier alpha value is -3.46. The third-order valence-electron chi connectivity index (χ3n) is 5.81. The summed E-state index contributed by atoms with van der Waals surface area (Å²) in [6.07, 6.45) is 6.76. The number of fused-ring (bicyclic) bond motifs is 1. The van der Waals surface area contributed by atoms with Crippen LogP contribution in [0.15, 0.2) is 49.1 Å². The number of nitrogens with one attached hydrogen (secondary N) is 2. The quantitative estimate of drug-likeness (QED) is 0.448. The van der Waals surface area contributed by atoms with Gasteiger partial charge in [0.25, 0.3) is 0 Å². The van der Waals surface area contributed by atoms with Crippen molar-refractivity contribution in [3.8, 4) is 28.3 Å². The zero-order valence-electron chi connectivity index (χ0n) is 19.0. The molecule has 2 N–H and O–H groups in total. The first kappa shape index (κ1) is 21.4. The van der Waals surface area contributed by atoms with Gasteiger partial charge >= 0.3 is 0 Å². The Kier molecular flexibility index (Phi) is 5.72. The molecule has 172 valence electrons. The van der Waals surface area contributed by atoms with Crippen molar-refractivity contribution < 1.29 is 9.13 Å². The third-order valence-corrected chi connectivity index (χ3v) is 5.81. The van der Waals surface area contributed by atoms with Gasteiger partial charge in [-0.05, 0) is 18.1 Å². The molecule has 0 amide bonds. The molecule has 0 saturated carbocycles. The lowest BCUT2D eigenvalue weighted by Gasteiger charge is -2.15. The van der Waals surface area contributed by atoms with Crippen molar-refractivity contribution in [2.24, 2.45) is 5.92 Å². The predicted octanol–water partition coefficient (Wildman–Crippen LogP) is 3.65. The van der Waals surface area contributed by atoms with Gasteiger partial charge in [-0.2, -0.15) is 5.10 Å². The topological polar surface area (TPSA) is 81.3 Å². The molecule has 0 aromatic carbocycles. The van der Waals surface area contributed by atoms with Gasteiger partial charge < -0.3 is 15.4 Å². The number of methoxy groups -OCH3 is 1. The summed E-state index contributed by atoms with van der Waals surface area (Å²) in [6.45, 7) is 6.12. The molecule has 0 bridgehead atoms. The minimum absolute atomic E-state index is 0.284. The summed E-state index contributed by atoms with van der Waals surface area (Å²) in [6, 6.07) is 7.33. The molecule has 1 saturated heterocycles. The molecule has 0 aliphatic carbocycles. The molecule has 5 heterocycles. The van der Waals surface area contributed by atoms with Crippen LogP contribution in [-0.2, 0) is 6.54 Å². The molecular formula is C24H28FN7O. The van der Waals surface area contributed by atoms with E-state index >= 15 is 0 Å². The van der Waals surface area contributed by atoms with E-state index < -0.39 is 6.17 Å². The number of halogens is 1. The van der Waals surface area contributed by atoms with Crippen molar-refractivity contribution in [2.75, 3.05) is 25.5 Å². The van der Waals surface area contributed by atoms with E-state index in [1.54, 1.807) is 13.3 Å². The smallest absolute Gasteiger partial charge is 0.140 e. The lowest BCUT2D eigenvalue weighted by atomic mass is 10.1. The normalized spacial score (nSPS) is 18.3. The summed E-state index contributed by atoms with van der Waals surface area (Å²) in [5.41, 5.74) is 4.24. The number of alkyl halides is 1. The highest BCUT2D eigenvalue weighted by Crippen LogP contribution is 2.33. The Balaban J connectivity index is 1.52. The van der Waals surface area contributed by atoms with Crippen LogP contribution in [0.4, 0.5) is 10.2 Å². The molecule has 4 aromatic heterocycles. The second-order valence-corrected chi connectivity index (χ2v) is 8.81. The second-order valence-electron chi connectivity index (χ2n) is 8.81. The van der Waals surface area contributed by atoms with E-state index in [1.165, 1.54) is 0 Å². The molecule has 1 aliphatic heterocycles. The molecule has 0 radical (unpaired) electrons. The number of rotatable bonds is 7. The van der Waals surface area contributed by atoms with E-state index in [-0.39, 0.29) is 6.04 Å². The molecule has 1 aliphatic rings. The summed E-state index contributed by atoms with van der Waals surface area (Å²) in [4.78, 5) is 9.29. The molecular weight excluding hydrogens is 421 g/mol. The van der Waals surface area contributed by atoms with Gasteiger partial charge in [-0.25, -0.2) is 14.4 Å². The molecule has 0 spiro atoms. The molecule has 4 aromatic rings. The Morgan fingerprint density at radius 2 is 2.12 bits per heavy atom. The van der Waals surface area contributed by atoms with E-state index in [0.29, 0.717) is 24.8 Å². The minimum atomic E-state index is -0.933. The van der Waals surface area contributed by atoms with E-state index in [1.807, 2.05) is 51.9 Å². The van der Waals surface area contributed by atoms with Gasteiger partial charge in [0.15, 0.2) is 0 Å². The van der Waals surface area contributed by atoms with Gasteiger partial charge in [0.1, 0.15) is 23.4 Å². The Bertz CT molecular complexity index is 1260. The van der Waals surface area contributed by atoms with Crippen LogP contribution in [-0.4, -0.2) is 56.6 Å². The van der Waals surface area contributed by atoms with E-state index in [4.69, 9.17) is 9.72 Å². The van der Waals surface area contributed by atoms with Crippen LogP contribution in [0, 0.1) is 5.92 Å². The predicted molar refractivity (Wildman–Crippen MR) is 126 cm³/mol. The monoisotopic (exact) mass is 449 g/mol. The van der Waals surface area contributed by atoms with Crippen LogP contribution in [0.5, 0.6) is 5.75 Å². The average Bonchev–Trinajstić information content (AvgIpc) is 3.53. The first-order valence-corrected chi connectivity index (χ1v) is 11.2. The number of pyridine rings is 2. The fourth-order valence-corrected chi connectivity index (χ4v) is 4.19.